The van der Waals surface area contributed by atoms with Gasteiger partial charge in [-0.05, 0) is 49.2 Å². The maximum Gasteiger partial charge on any atom is 0.249 e. The quantitative estimate of drug-likeness (QED) is 0.230. The van der Waals surface area contributed by atoms with Gasteiger partial charge in [0.25, 0.3) is 0 Å². The van der Waals surface area contributed by atoms with Crippen molar-refractivity contribution in [1.29, 1.82) is 0 Å². The molecule has 9 heteroatoms. The number of hydrogen-bond acceptors (Lipinski definition) is 5. The van der Waals surface area contributed by atoms with Gasteiger partial charge in [-0.2, -0.15) is 5.10 Å². The van der Waals surface area contributed by atoms with Crippen molar-refractivity contribution in [2.24, 2.45) is 5.10 Å². The van der Waals surface area contributed by atoms with Crippen LogP contribution in [-0.4, -0.2) is 29.7 Å². The van der Waals surface area contributed by atoms with E-state index < -0.39 is 18.2 Å². The van der Waals surface area contributed by atoms with Crippen LogP contribution < -0.4 is 15.5 Å². The summed E-state index contributed by atoms with van der Waals surface area (Å²) >= 11 is 11.7. The molecule has 2 aromatic carbocycles. The lowest BCUT2D eigenvalue weighted by molar-refractivity contribution is -0.126. The summed E-state index contributed by atoms with van der Waals surface area (Å²) in [5.74, 6) is -0.779. The Morgan fingerprint density at radius 1 is 1.20 bits per heavy atom. The summed E-state index contributed by atoms with van der Waals surface area (Å²) in [6.45, 7) is 5.84. The predicted molar refractivity (Wildman–Crippen MR) is 119 cm³/mol. The molecule has 0 bridgehead atoms. The Balaban J connectivity index is 1.97. The molecule has 0 aliphatic heterocycles. The Morgan fingerprint density at radius 3 is 2.63 bits per heavy atom. The molecule has 2 aromatic rings. The number of phenolic OH excluding ortho intramolecular Hbond substituents is 1. The monoisotopic (exact) mass is 449 g/mol. The highest BCUT2D eigenvalue weighted by Gasteiger charge is 2.11. The smallest absolute Gasteiger partial charge is 0.249 e. The largest absolute Gasteiger partial charge is 0.504 e. The number of anilines is 1. The van der Waals surface area contributed by atoms with E-state index in [1.165, 1.54) is 12.3 Å². The summed E-state index contributed by atoms with van der Waals surface area (Å²) in [4.78, 5) is 23.9. The molecular weight excluding hydrogens is 429 g/mol. The first-order valence-electron chi connectivity index (χ1n) is 9.00. The fourth-order valence-corrected chi connectivity index (χ4v) is 2.78. The van der Waals surface area contributed by atoms with Crippen molar-refractivity contribution in [2.75, 3.05) is 11.9 Å². The second-order valence-corrected chi connectivity index (χ2v) is 6.91. The van der Waals surface area contributed by atoms with Crippen LogP contribution in [0.2, 0.25) is 10.0 Å². The summed E-state index contributed by atoms with van der Waals surface area (Å²) in [6, 6.07) is 7.89. The average Bonchev–Trinajstić information content (AvgIpc) is 2.68. The number of carbonyl (C=O) groups is 2. The van der Waals surface area contributed by atoms with Gasteiger partial charge in [0.1, 0.15) is 6.42 Å². The van der Waals surface area contributed by atoms with Crippen LogP contribution in [0.15, 0.2) is 48.1 Å². The summed E-state index contributed by atoms with van der Waals surface area (Å²) in [7, 11) is 0. The maximum atomic E-state index is 12.0. The third kappa shape index (κ3) is 6.79. The highest BCUT2D eigenvalue weighted by atomic mass is 35.5. The van der Waals surface area contributed by atoms with Gasteiger partial charge in [0.05, 0.1) is 22.9 Å². The third-order valence-corrected chi connectivity index (χ3v) is 4.51. The Labute approximate surface area is 184 Å². The molecule has 2 amide bonds. The second kappa shape index (κ2) is 11.2. The summed E-state index contributed by atoms with van der Waals surface area (Å²) in [5.41, 5.74) is 3.93. The van der Waals surface area contributed by atoms with Crippen LogP contribution >= 0.6 is 23.2 Å². The number of ether oxygens (including phenoxy) is 1. The number of allylic oxidation sites excluding steroid dienone is 1. The number of phenols is 1. The highest BCUT2D eigenvalue weighted by molar-refractivity contribution is 6.42. The Morgan fingerprint density at radius 2 is 1.97 bits per heavy atom. The molecule has 0 radical (unpaired) electrons. The fourth-order valence-electron chi connectivity index (χ4n) is 2.48. The number of carbonyl (C=O) groups excluding carboxylic acids is 2. The van der Waals surface area contributed by atoms with E-state index in [2.05, 4.69) is 22.4 Å². The topological polar surface area (TPSA) is 100 Å². The molecule has 0 spiro atoms. The van der Waals surface area contributed by atoms with Crippen LogP contribution in [0.1, 0.15) is 24.5 Å². The van der Waals surface area contributed by atoms with Crippen molar-refractivity contribution in [2.45, 2.75) is 19.8 Å². The van der Waals surface area contributed by atoms with Crippen molar-refractivity contribution < 1.29 is 19.4 Å². The molecule has 2 rings (SSSR count). The number of benzene rings is 2. The number of hydrazone groups is 1. The van der Waals surface area contributed by atoms with Crippen molar-refractivity contribution in [3.63, 3.8) is 0 Å². The van der Waals surface area contributed by atoms with E-state index in [0.29, 0.717) is 45.6 Å². The molecule has 0 aliphatic carbocycles. The van der Waals surface area contributed by atoms with Crippen molar-refractivity contribution >= 4 is 46.9 Å². The molecule has 158 valence electrons. The SMILES string of the molecule is C=CCc1cc(C=NNC(=O)CC(=O)Nc2ccc(Cl)c(Cl)c2)cc(OCC)c1O. The molecule has 0 aliphatic rings. The molecule has 0 saturated heterocycles. The number of amides is 2. The van der Waals surface area contributed by atoms with E-state index in [1.807, 2.05) is 0 Å². The van der Waals surface area contributed by atoms with Gasteiger partial charge in [-0.15, -0.1) is 6.58 Å². The van der Waals surface area contributed by atoms with Crippen LogP contribution in [0, 0.1) is 0 Å². The maximum absolute atomic E-state index is 12.0. The van der Waals surface area contributed by atoms with Gasteiger partial charge in [0.15, 0.2) is 11.5 Å². The van der Waals surface area contributed by atoms with Gasteiger partial charge in [0, 0.05) is 11.3 Å². The Bertz CT molecular complexity index is 977. The zero-order chi connectivity index (χ0) is 22.1. The van der Waals surface area contributed by atoms with Crippen LogP contribution in [0.4, 0.5) is 5.69 Å². The minimum atomic E-state index is -0.598. The average molecular weight is 450 g/mol. The first kappa shape index (κ1) is 23.3. The highest BCUT2D eigenvalue weighted by Crippen LogP contribution is 2.32. The molecule has 0 heterocycles. The number of aromatic hydroxyl groups is 1. The molecular formula is C21H21Cl2N3O4. The zero-order valence-corrected chi connectivity index (χ0v) is 17.8. The van der Waals surface area contributed by atoms with Gasteiger partial charge >= 0.3 is 0 Å². The summed E-state index contributed by atoms with van der Waals surface area (Å²) in [5, 5.41) is 17.2. The molecule has 0 atom stereocenters. The number of halogens is 2. The van der Waals surface area contributed by atoms with Crippen LogP contribution in [0.25, 0.3) is 0 Å². The second-order valence-electron chi connectivity index (χ2n) is 6.10. The minimum Gasteiger partial charge on any atom is -0.504 e. The molecule has 0 aromatic heterocycles. The lowest BCUT2D eigenvalue weighted by Gasteiger charge is -2.10. The fraction of sp³-hybridized carbons (Fsp3) is 0.190. The zero-order valence-electron chi connectivity index (χ0n) is 16.2. The van der Waals surface area contributed by atoms with Crippen LogP contribution in [0.3, 0.4) is 0 Å². The summed E-state index contributed by atoms with van der Waals surface area (Å²) in [6.07, 6.45) is 3.05. The molecule has 30 heavy (non-hydrogen) atoms. The number of nitrogens with one attached hydrogen (secondary N) is 2. The number of rotatable bonds is 9. The standard InChI is InChI=1S/C21H21Cl2N3O4/c1-3-5-14-8-13(9-18(21(14)29)30-4-2)12-24-26-20(28)11-19(27)25-15-6-7-16(22)17(23)10-15/h3,6-10,12,29H,1,4-5,11H2,2H3,(H,25,27)(H,26,28). The van der Waals surface area contributed by atoms with E-state index in [1.54, 1.807) is 37.3 Å². The molecule has 7 nitrogen and oxygen atoms in total. The van der Waals surface area contributed by atoms with Crippen LogP contribution in [-0.2, 0) is 16.0 Å². The lowest BCUT2D eigenvalue weighted by atomic mass is 10.1. The minimum absolute atomic E-state index is 0.0388. The molecule has 0 saturated carbocycles. The summed E-state index contributed by atoms with van der Waals surface area (Å²) < 4.78 is 5.41. The van der Waals surface area contributed by atoms with Gasteiger partial charge in [-0.25, -0.2) is 5.43 Å². The van der Waals surface area contributed by atoms with Gasteiger partial charge in [0.2, 0.25) is 11.8 Å². The van der Waals surface area contributed by atoms with E-state index in [9.17, 15) is 14.7 Å². The molecule has 0 unspecified atom stereocenters. The molecule has 3 N–H and O–H groups in total. The Kier molecular flexibility index (Phi) is 8.70. The van der Waals surface area contributed by atoms with E-state index in [0.717, 1.165) is 0 Å². The predicted octanol–water partition coefficient (Wildman–Crippen LogP) is 4.31. The number of hydrogen-bond donors (Lipinski definition) is 3. The van der Waals surface area contributed by atoms with Crippen LogP contribution in [0.5, 0.6) is 11.5 Å². The van der Waals surface area contributed by atoms with E-state index >= 15 is 0 Å². The van der Waals surface area contributed by atoms with E-state index in [4.69, 9.17) is 27.9 Å². The normalized spacial score (nSPS) is 10.6. The van der Waals surface area contributed by atoms with Gasteiger partial charge < -0.3 is 15.2 Å². The lowest BCUT2D eigenvalue weighted by Crippen LogP contribution is -2.24. The first-order chi connectivity index (χ1) is 14.3. The van der Waals surface area contributed by atoms with Crippen molar-refractivity contribution in [3.8, 4) is 11.5 Å². The van der Waals surface area contributed by atoms with Gasteiger partial charge in [-0.1, -0.05) is 29.3 Å². The Hall–Kier alpha value is -3.03. The molecule has 0 fully saturated rings. The van der Waals surface area contributed by atoms with Crippen molar-refractivity contribution in [3.05, 3.63) is 64.2 Å². The first-order valence-corrected chi connectivity index (χ1v) is 9.76. The van der Waals surface area contributed by atoms with Crippen molar-refractivity contribution in [1.82, 2.24) is 5.43 Å². The van der Waals surface area contributed by atoms with E-state index in [-0.39, 0.29) is 5.75 Å². The third-order valence-electron chi connectivity index (χ3n) is 3.77. The van der Waals surface area contributed by atoms with Gasteiger partial charge in [-0.3, -0.25) is 9.59 Å². The number of nitrogens with zero attached hydrogens (tertiary/aromatic N) is 1.